The Morgan fingerprint density at radius 2 is 1.64 bits per heavy atom. The summed E-state index contributed by atoms with van der Waals surface area (Å²) >= 11 is 5.16. The van der Waals surface area contributed by atoms with E-state index in [0.717, 1.165) is 5.69 Å². The minimum atomic E-state index is -3.61. The highest BCUT2D eigenvalue weighted by atomic mass is 32.2. The quantitative estimate of drug-likeness (QED) is 0.520. The lowest BCUT2D eigenvalue weighted by molar-refractivity contribution is -0.126. The molecule has 1 amide bonds. The van der Waals surface area contributed by atoms with Crippen LogP contribution in [0.25, 0.3) is 0 Å². The average molecular weight is 419 g/mol. The van der Waals surface area contributed by atoms with E-state index >= 15 is 0 Å². The summed E-state index contributed by atoms with van der Waals surface area (Å²) in [7, 11) is -3.61. The molecule has 7 nitrogen and oxygen atoms in total. The maximum absolute atomic E-state index is 12.8. The van der Waals surface area contributed by atoms with Gasteiger partial charge >= 0.3 is 0 Å². The number of hydrogen-bond donors (Lipinski definition) is 3. The fourth-order valence-electron chi connectivity index (χ4n) is 3.02. The lowest BCUT2D eigenvalue weighted by atomic mass is 9.99. The Morgan fingerprint density at radius 3 is 2.32 bits per heavy atom. The number of thiocarbonyl (C=S) groups is 1. The molecule has 9 heteroatoms. The minimum Gasteiger partial charge on any atom is -0.331 e. The number of nitrogens with zero attached hydrogens (tertiary/aromatic N) is 1. The van der Waals surface area contributed by atoms with Crippen LogP contribution in [0.2, 0.25) is 0 Å². The SMILES string of the molecule is O=C(NNC(=S)Nc1ccccc1)[C@H]1CCCN(S(=O)(=O)c2ccccc2)C1. The molecule has 28 heavy (non-hydrogen) atoms. The van der Waals surface area contributed by atoms with Gasteiger partial charge in [0.05, 0.1) is 10.8 Å². The van der Waals surface area contributed by atoms with Crippen molar-refractivity contribution >= 4 is 38.9 Å². The Bertz CT molecular complexity index is 921. The lowest BCUT2D eigenvalue weighted by Crippen LogP contribution is -2.50. The molecular weight excluding hydrogens is 396 g/mol. The number of para-hydroxylation sites is 1. The molecule has 3 N–H and O–H groups in total. The van der Waals surface area contributed by atoms with Crippen molar-refractivity contribution in [3.05, 3.63) is 60.7 Å². The van der Waals surface area contributed by atoms with Crippen LogP contribution in [0, 0.1) is 5.92 Å². The van der Waals surface area contributed by atoms with Crippen LogP contribution >= 0.6 is 12.2 Å². The van der Waals surface area contributed by atoms with Crippen molar-refractivity contribution in [3.8, 4) is 0 Å². The smallest absolute Gasteiger partial charge is 0.243 e. The fraction of sp³-hybridized carbons (Fsp3) is 0.263. The topological polar surface area (TPSA) is 90.5 Å². The van der Waals surface area contributed by atoms with Crippen molar-refractivity contribution in [1.29, 1.82) is 0 Å². The van der Waals surface area contributed by atoms with Gasteiger partial charge in [0.15, 0.2) is 5.11 Å². The number of benzene rings is 2. The molecule has 0 spiro atoms. The molecule has 0 aromatic heterocycles. The Labute approximate surface area is 170 Å². The molecule has 1 heterocycles. The number of nitrogens with one attached hydrogen (secondary N) is 3. The number of piperidine rings is 1. The lowest BCUT2D eigenvalue weighted by Gasteiger charge is -2.31. The number of hydrogen-bond acceptors (Lipinski definition) is 4. The summed E-state index contributed by atoms with van der Waals surface area (Å²) < 4.78 is 26.9. The Kier molecular flexibility index (Phi) is 6.61. The molecule has 0 unspecified atom stereocenters. The van der Waals surface area contributed by atoms with E-state index < -0.39 is 15.9 Å². The Hall–Kier alpha value is -2.49. The van der Waals surface area contributed by atoms with E-state index in [9.17, 15) is 13.2 Å². The third-order valence-corrected chi connectivity index (χ3v) is 6.55. The number of carbonyl (C=O) groups is 1. The highest BCUT2D eigenvalue weighted by Gasteiger charge is 2.33. The maximum Gasteiger partial charge on any atom is 0.243 e. The number of hydrazine groups is 1. The molecule has 3 rings (SSSR count). The van der Waals surface area contributed by atoms with Gasteiger partial charge in [-0.15, -0.1) is 0 Å². The van der Waals surface area contributed by atoms with Gasteiger partial charge in [-0.2, -0.15) is 4.31 Å². The van der Waals surface area contributed by atoms with Crippen LogP contribution in [0.3, 0.4) is 0 Å². The number of carbonyl (C=O) groups excluding carboxylic acids is 1. The zero-order chi connectivity index (χ0) is 20.0. The first-order valence-electron chi connectivity index (χ1n) is 8.94. The van der Waals surface area contributed by atoms with Crippen molar-refractivity contribution < 1.29 is 13.2 Å². The van der Waals surface area contributed by atoms with Gasteiger partial charge in [-0.25, -0.2) is 8.42 Å². The van der Waals surface area contributed by atoms with Gasteiger partial charge in [0, 0.05) is 18.8 Å². The zero-order valence-electron chi connectivity index (χ0n) is 15.2. The van der Waals surface area contributed by atoms with Gasteiger partial charge in [0.25, 0.3) is 0 Å². The highest BCUT2D eigenvalue weighted by molar-refractivity contribution is 7.89. The van der Waals surface area contributed by atoms with Gasteiger partial charge in [0.2, 0.25) is 15.9 Å². The normalized spacial score (nSPS) is 17.5. The zero-order valence-corrected chi connectivity index (χ0v) is 16.8. The molecule has 1 atom stereocenters. The van der Waals surface area contributed by atoms with Crippen LogP contribution in [0.5, 0.6) is 0 Å². The molecule has 1 saturated heterocycles. The molecule has 2 aromatic carbocycles. The summed E-state index contributed by atoms with van der Waals surface area (Å²) in [6.07, 6.45) is 1.24. The second-order valence-corrected chi connectivity index (χ2v) is 8.80. The number of anilines is 1. The van der Waals surface area contributed by atoms with Gasteiger partial charge in [0.1, 0.15) is 0 Å². The monoisotopic (exact) mass is 418 g/mol. The largest absolute Gasteiger partial charge is 0.331 e. The first-order chi connectivity index (χ1) is 13.5. The predicted octanol–water partition coefficient (Wildman–Crippen LogP) is 2.11. The summed E-state index contributed by atoms with van der Waals surface area (Å²) in [5.74, 6) is -0.732. The van der Waals surface area contributed by atoms with Crippen LogP contribution in [0.1, 0.15) is 12.8 Å². The van der Waals surface area contributed by atoms with Crippen molar-refractivity contribution in [2.75, 3.05) is 18.4 Å². The number of amides is 1. The van der Waals surface area contributed by atoms with E-state index in [1.807, 2.05) is 30.3 Å². The standard InChI is InChI=1S/C19H22N4O3S2/c24-18(21-22-19(27)20-16-9-3-1-4-10-16)15-8-7-13-23(14-15)28(25,26)17-11-5-2-6-12-17/h1-6,9-12,15H,7-8,13-14H2,(H,21,24)(H2,20,22,27)/t15-/m0/s1. The van der Waals surface area contributed by atoms with Crippen LogP contribution < -0.4 is 16.2 Å². The Morgan fingerprint density at radius 1 is 1.00 bits per heavy atom. The van der Waals surface area contributed by atoms with E-state index in [2.05, 4.69) is 16.2 Å². The third kappa shape index (κ3) is 5.06. The van der Waals surface area contributed by atoms with Crippen LogP contribution in [-0.2, 0) is 14.8 Å². The molecule has 0 radical (unpaired) electrons. The molecule has 1 aliphatic rings. The van der Waals surface area contributed by atoms with Gasteiger partial charge in [-0.1, -0.05) is 36.4 Å². The molecule has 0 bridgehead atoms. The third-order valence-electron chi connectivity index (χ3n) is 4.47. The molecule has 2 aromatic rings. The first kappa shape index (κ1) is 20.2. The molecule has 148 valence electrons. The maximum atomic E-state index is 12.8. The van der Waals surface area contributed by atoms with Crippen molar-refractivity contribution in [2.24, 2.45) is 5.92 Å². The summed E-state index contributed by atoms with van der Waals surface area (Å²) in [6, 6.07) is 17.6. The van der Waals surface area contributed by atoms with E-state index in [0.29, 0.717) is 19.4 Å². The van der Waals surface area contributed by atoms with E-state index in [-0.39, 0.29) is 22.5 Å². The van der Waals surface area contributed by atoms with Crippen LogP contribution in [-0.4, -0.2) is 36.8 Å². The summed E-state index contributed by atoms with van der Waals surface area (Å²) in [5, 5.41) is 3.21. The second kappa shape index (κ2) is 9.13. The Balaban J connectivity index is 1.55. The second-order valence-electron chi connectivity index (χ2n) is 6.45. The molecule has 0 aliphatic carbocycles. The summed E-state index contributed by atoms with van der Waals surface area (Å²) in [6.45, 7) is 0.548. The van der Waals surface area contributed by atoms with Crippen molar-refractivity contribution in [2.45, 2.75) is 17.7 Å². The molecular formula is C19H22N4O3S2. The summed E-state index contributed by atoms with van der Waals surface area (Å²) in [4.78, 5) is 12.7. The van der Waals surface area contributed by atoms with E-state index in [1.54, 1.807) is 30.3 Å². The van der Waals surface area contributed by atoms with Crippen molar-refractivity contribution in [3.63, 3.8) is 0 Å². The van der Waals surface area contributed by atoms with Gasteiger partial charge in [-0.3, -0.25) is 15.6 Å². The fourth-order valence-corrected chi connectivity index (χ4v) is 4.73. The van der Waals surface area contributed by atoms with Gasteiger partial charge in [-0.05, 0) is 49.3 Å². The number of sulfonamides is 1. The predicted molar refractivity (Wildman–Crippen MR) is 112 cm³/mol. The molecule has 1 aliphatic heterocycles. The molecule has 1 fully saturated rings. The minimum absolute atomic E-state index is 0.142. The van der Waals surface area contributed by atoms with Gasteiger partial charge < -0.3 is 5.32 Å². The van der Waals surface area contributed by atoms with E-state index in [1.165, 1.54) is 4.31 Å². The van der Waals surface area contributed by atoms with Crippen LogP contribution in [0.4, 0.5) is 5.69 Å². The summed E-state index contributed by atoms with van der Waals surface area (Å²) in [5.41, 5.74) is 6.03. The highest BCUT2D eigenvalue weighted by Crippen LogP contribution is 2.23. The van der Waals surface area contributed by atoms with Crippen molar-refractivity contribution in [1.82, 2.24) is 15.2 Å². The van der Waals surface area contributed by atoms with Crippen LogP contribution in [0.15, 0.2) is 65.6 Å². The molecule has 0 saturated carbocycles. The first-order valence-corrected chi connectivity index (χ1v) is 10.8. The number of rotatable bonds is 4. The van der Waals surface area contributed by atoms with E-state index in [4.69, 9.17) is 12.2 Å². The average Bonchev–Trinajstić information content (AvgIpc) is 2.73.